The van der Waals surface area contributed by atoms with Crippen LogP contribution in [-0.4, -0.2) is 35.0 Å². The van der Waals surface area contributed by atoms with Gasteiger partial charge in [-0.05, 0) is 31.6 Å². The first-order valence-corrected chi connectivity index (χ1v) is 8.89. The van der Waals surface area contributed by atoms with Crippen LogP contribution >= 0.6 is 11.6 Å². The molecule has 30 heavy (non-hydrogen) atoms. The van der Waals surface area contributed by atoms with E-state index in [1.807, 2.05) is 0 Å². The fourth-order valence-electron chi connectivity index (χ4n) is 2.55. The Kier molecular flexibility index (Phi) is 7.06. The smallest absolute Gasteiger partial charge is 0.281 e. The van der Waals surface area contributed by atoms with Gasteiger partial charge >= 0.3 is 0 Å². The summed E-state index contributed by atoms with van der Waals surface area (Å²) in [4.78, 5) is 26.9. The molecule has 1 unspecified atom stereocenters. The SMILES string of the molecule is C=C(C)C(=NC(=O)c1cc(F)c(C2=CNC(OC)=C(C(C)N=O)N2)cc1O)C(=N)Cl. The van der Waals surface area contributed by atoms with Gasteiger partial charge in [0.15, 0.2) is 0 Å². The zero-order chi connectivity index (χ0) is 22.6. The fourth-order valence-corrected chi connectivity index (χ4v) is 2.75. The van der Waals surface area contributed by atoms with E-state index in [4.69, 9.17) is 21.7 Å². The highest BCUT2D eigenvalue weighted by molar-refractivity contribution is 6.85. The van der Waals surface area contributed by atoms with Crippen LogP contribution in [0.5, 0.6) is 5.75 Å². The summed E-state index contributed by atoms with van der Waals surface area (Å²) < 4.78 is 19.9. The molecule has 158 valence electrons. The average Bonchev–Trinajstić information content (AvgIpc) is 2.71. The van der Waals surface area contributed by atoms with E-state index >= 15 is 0 Å². The summed E-state index contributed by atoms with van der Waals surface area (Å²) in [5.41, 5.74) is 0.00421. The Labute approximate surface area is 176 Å². The monoisotopic (exact) mass is 435 g/mol. The van der Waals surface area contributed by atoms with Crippen LogP contribution in [0, 0.1) is 16.1 Å². The van der Waals surface area contributed by atoms with Gasteiger partial charge in [0.1, 0.15) is 34.2 Å². The minimum Gasteiger partial charge on any atom is -0.507 e. The maximum atomic E-state index is 14.8. The Bertz CT molecular complexity index is 1020. The van der Waals surface area contributed by atoms with Crippen molar-refractivity contribution in [2.75, 3.05) is 7.11 Å². The molecule has 0 aromatic heterocycles. The minimum atomic E-state index is -0.994. The van der Waals surface area contributed by atoms with Crippen molar-refractivity contribution >= 4 is 34.1 Å². The van der Waals surface area contributed by atoms with Crippen molar-refractivity contribution in [2.45, 2.75) is 19.9 Å². The van der Waals surface area contributed by atoms with Crippen molar-refractivity contribution < 1.29 is 19.0 Å². The molecule has 0 saturated carbocycles. The number of amides is 1. The van der Waals surface area contributed by atoms with Crippen LogP contribution in [0.1, 0.15) is 29.8 Å². The van der Waals surface area contributed by atoms with E-state index in [9.17, 15) is 19.2 Å². The molecule has 0 fully saturated rings. The number of nitrogens with one attached hydrogen (secondary N) is 3. The predicted molar refractivity (Wildman–Crippen MR) is 112 cm³/mol. The summed E-state index contributed by atoms with van der Waals surface area (Å²) in [5.74, 6) is -2.16. The molecular formula is C19H19ClFN5O4. The van der Waals surface area contributed by atoms with Crippen molar-refractivity contribution in [3.63, 3.8) is 0 Å². The van der Waals surface area contributed by atoms with Gasteiger partial charge in [0.2, 0.25) is 5.88 Å². The summed E-state index contributed by atoms with van der Waals surface area (Å²) in [6, 6.07) is 1.01. The molecule has 4 N–H and O–H groups in total. The van der Waals surface area contributed by atoms with Crippen molar-refractivity contribution in [1.29, 1.82) is 5.41 Å². The molecule has 1 amide bonds. The molecular weight excluding hydrogens is 417 g/mol. The Balaban J connectivity index is 2.42. The maximum Gasteiger partial charge on any atom is 0.281 e. The largest absolute Gasteiger partial charge is 0.507 e. The summed E-state index contributed by atoms with van der Waals surface area (Å²) in [7, 11) is 1.38. The molecule has 9 nitrogen and oxygen atoms in total. The van der Waals surface area contributed by atoms with Crippen LogP contribution in [0.25, 0.3) is 5.70 Å². The van der Waals surface area contributed by atoms with E-state index in [0.29, 0.717) is 0 Å². The lowest BCUT2D eigenvalue weighted by Crippen LogP contribution is -2.31. The minimum absolute atomic E-state index is 0.0866. The highest BCUT2D eigenvalue weighted by Gasteiger charge is 2.24. The first-order chi connectivity index (χ1) is 14.1. The number of benzene rings is 1. The van der Waals surface area contributed by atoms with E-state index in [-0.39, 0.29) is 34.1 Å². The number of nitrogens with zero attached hydrogens (tertiary/aromatic N) is 2. The standard InChI is InChI=1S/C19H19ClFN5O4/c1-8(2)15(17(20)22)25-18(28)11-5-12(21)10(6-14(11)27)13-7-23-19(30-4)16(24-13)9(3)26-29/h5-7,9,22-24,27H,1H2,2-4H3. The normalized spacial score (nSPS) is 14.8. The lowest BCUT2D eigenvalue weighted by Gasteiger charge is -2.24. The Hall–Kier alpha value is -3.53. The van der Waals surface area contributed by atoms with Gasteiger partial charge in [0.25, 0.3) is 5.91 Å². The molecule has 1 heterocycles. The number of ether oxygens (including phenoxy) is 1. The van der Waals surface area contributed by atoms with Crippen LogP contribution in [0.15, 0.2) is 52.2 Å². The van der Waals surface area contributed by atoms with Gasteiger partial charge in [-0.2, -0.15) is 4.91 Å². The van der Waals surface area contributed by atoms with Gasteiger partial charge in [0, 0.05) is 11.8 Å². The van der Waals surface area contributed by atoms with Crippen molar-refractivity contribution in [3.05, 3.63) is 63.9 Å². The number of carbonyl (C=O) groups excluding carboxylic acids is 1. The summed E-state index contributed by atoms with van der Waals surface area (Å²) in [5, 5.41) is 25.7. The third-order valence-electron chi connectivity index (χ3n) is 4.07. The Morgan fingerprint density at radius 1 is 1.43 bits per heavy atom. The molecule has 0 radical (unpaired) electrons. The molecule has 0 spiro atoms. The van der Waals surface area contributed by atoms with Gasteiger partial charge in [-0.1, -0.05) is 23.4 Å². The average molecular weight is 436 g/mol. The van der Waals surface area contributed by atoms with E-state index in [1.54, 1.807) is 0 Å². The first kappa shape index (κ1) is 22.8. The number of hydrogen-bond acceptors (Lipinski definition) is 8. The molecule has 1 atom stereocenters. The summed E-state index contributed by atoms with van der Waals surface area (Å²) >= 11 is 5.58. The van der Waals surface area contributed by atoms with E-state index in [2.05, 4.69) is 27.4 Å². The first-order valence-electron chi connectivity index (χ1n) is 8.51. The highest BCUT2D eigenvalue weighted by atomic mass is 35.5. The number of rotatable bonds is 7. The molecule has 1 aliphatic heterocycles. The topological polar surface area (TPSA) is 136 Å². The molecule has 0 saturated heterocycles. The number of aliphatic imine (C=N–C) groups is 1. The molecule has 11 heteroatoms. The van der Waals surface area contributed by atoms with E-state index in [1.165, 1.54) is 27.2 Å². The highest BCUT2D eigenvalue weighted by Crippen LogP contribution is 2.29. The van der Waals surface area contributed by atoms with Gasteiger partial charge < -0.3 is 20.5 Å². The summed E-state index contributed by atoms with van der Waals surface area (Å²) in [6.45, 7) is 6.58. The van der Waals surface area contributed by atoms with Gasteiger partial charge in [0.05, 0.1) is 18.4 Å². The predicted octanol–water partition coefficient (Wildman–Crippen LogP) is 3.37. The lowest BCUT2D eigenvalue weighted by atomic mass is 10.0. The van der Waals surface area contributed by atoms with E-state index < -0.39 is 34.3 Å². The zero-order valence-corrected chi connectivity index (χ0v) is 17.1. The molecule has 1 aliphatic rings. The molecule has 1 aromatic carbocycles. The molecule has 1 aromatic rings. The fraction of sp³-hybridized carbons (Fsp3) is 0.211. The second-order valence-corrected chi connectivity index (χ2v) is 6.64. The molecule has 0 aliphatic carbocycles. The maximum absolute atomic E-state index is 14.8. The van der Waals surface area contributed by atoms with Crippen LogP contribution in [-0.2, 0) is 4.74 Å². The third-order valence-corrected chi connectivity index (χ3v) is 4.25. The third kappa shape index (κ3) is 4.71. The summed E-state index contributed by atoms with van der Waals surface area (Å²) in [6.07, 6.45) is 1.37. The van der Waals surface area contributed by atoms with Crippen LogP contribution < -0.4 is 10.6 Å². The Morgan fingerprint density at radius 2 is 2.10 bits per heavy atom. The van der Waals surface area contributed by atoms with Crippen LogP contribution in [0.3, 0.4) is 0 Å². The van der Waals surface area contributed by atoms with Gasteiger partial charge in [-0.15, -0.1) is 0 Å². The second-order valence-electron chi connectivity index (χ2n) is 6.26. The van der Waals surface area contributed by atoms with Crippen LogP contribution in [0.4, 0.5) is 4.39 Å². The van der Waals surface area contributed by atoms with E-state index in [0.717, 1.165) is 12.1 Å². The van der Waals surface area contributed by atoms with Crippen LogP contribution in [0.2, 0.25) is 0 Å². The number of methoxy groups -OCH3 is 1. The van der Waals surface area contributed by atoms with Gasteiger partial charge in [-0.3, -0.25) is 10.2 Å². The quantitative estimate of drug-likeness (QED) is 0.383. The van der Waals surface area contributed by atoms with Crippen molar-refractivity contribution in [2.24, 2.45) is 10.2 Å². The number of allylic oxidation sites excluding steroid dienone is 1. The molecule has 2 rings (SSSR count). The number of halogens is 2. The zero-order valence-electron chi connectivity index (χ0n) is 16.3. The number of carbonyl (C=O) groups is 1. The number of phenols is 1. The number of aromatic hydroxyl groups is 1. The second kappa shape index (κ2) is 9.31. The van der Waals surface area contributed by atoms with Gasteiger partial charge in [-0.25, -0.2) is 9.38 Å². The number of nitroso groups, excluding NO2 is 1. The number of hydrogen-bond donors (Lipinski definition) is 4. The molecule has 0 bridgehead atoms. The van der Waals surface area contributed by atoms with Crippen molar-refractivity contribution in [3.8, 4) is 5.75 Å². The number of phenolic OH excluding ortho intramolecular Hbond substituents is 1. The Morgan fingerprint density at radius 3 is 2.63 bits per heavy atom. The van der Waals surface area contributed by atoms with Crippen molar-refractivity contribution in [1.82, 2.24) is 10.6 Å². The lowest BCUT2D eigenvalue weighted by molar-refractivity contribution is 0.1000.